The fraction of sp³-hybridized carbons (Fsp3) is 0.189. The molecule has 4 aromatic rings. The smallest absolute Gasteiger partial charge is 0.272 e. The quantitative estimate of drug-likeness (QED) is 0.138. The number of hydrogen-bond acceptors (Lipinski definition) is 7. The summed E-state index contributed by atoms with van der Waals surface area (Å²) < 4.78 is 10.9. The fourth-order valence-electron chi connectivity index (χ4n) is 5.08. The Morgan fingerprint density at radius 3 is 2.21 bits per heavy atom. The molecular weight excluding hydrogens is 614 g/mol. The number of nitrogens with zero attached hydrogens (tertiary/aromatic N) is 1. The second kappa shape index (κ2) is 14.8. The lowest BCUT2D eigenvalue weighted by Crippen LogP contribution is -2.31. The van der Waals surface area contributed by atoms with Gasteiger partial charge in [-0.1, -0.05) is 56.3 Å². The minimum atomic E-state index is -0.562. The Hall–Kier alpha value is -5.35. The number of hydrogen-bond donors (Lipinski definition) is 2. The molecule has 5 rings (SSSR count). The van der Waals surface area contributed by atoms with Gasteiger partial charge in [0.15, 0.2) is 11.5 Å². The number of rotatable bonds is 11. The van der Waals surface area contributed by atoms with Crippen molar-refractivity contribution in [2.24, 2.45) is 0 Å². The number of carbonyl (C=O) groups excluding carboxylic acids is 4. The summed E-state index contributed by atoms with van der Waals surface area (Å²) in [6, 6.07) is 28.2. The molecule has 0 bridgehead atoms. The zero-order valence-electron chi connectivity index (χ0n) is 26.5. The van der Waals surface area contributed by atoms with Crippen LogP contribution in [0.4, 0.5) is 11.4 Å². The Labute approximate surface area is 278 Å². The van der Waals surface area contributed by atoms with Gasteiger partial charge in [0, 0.05) is 28.1 Å². The number of imide groups is 1. The molecule has 1 aliphatic heterocycles. The maximum atomic E-state index is 13.6. The predicted octanol–water partition coefficient (Wildman–Crippen LogP) is 6.66. The van der Waals surface area contributed by atoms with Gasteiger partial charge < -0.3 is 20.1 Å². The van der Waals surface area contributed by atoms with Crippen LogP contribution >= 0.6 is 11.8 Å². The molecule has 1 atom stereocenters. The van der Waals surface area contributed by atoms with E-state index < -0.39 is 17.1 Å². The topological polar surface area (TPSA) is 114 Å². The number of nitrogens with one attached hydrogen (secondary N) is 2. The number of carbonyl (C=O) groups is 4. The molecule has 1 heterocycles. The first kappa shape index (κ1) is 33.0. The van der Waals surface area contributed by atoms with E-state index in [1.807, 2.05) is 24.3 Å². The molecule has 1 aliphatic rings. The van der Waals surface area contributed by atoms with Crippen LogP contribution in [-0.4, -0.2) is 43.1 Å². The number of ether oxygens (including phenoxy) is 2. The van der Waals surface area contributed by atoms with Gasteiger partial charge in [-0.25, -0.2) is 4.90 Å². The van der Waals surface area contributed by atoms with Gasteiger partial charge in [0.1, 0.15) is 5.70 Å². The van der Waals surface area contributed by atoms with Crippen molar-refractivity contribution in [2.45, 2.75) is 36.3 Å². The highest BCUT2D eigenvalue weighted by Gasteiger charge is 2.40. The number of amides is 4. The van der Waals surface area contributed by atoms with Crippen LogP contribution in [-0.2, 0) is 14.4 Å². The molecule has 0 aliphatic carbocycles. The molecule has 9 nitrogen and oxygen atoms in total. The lowest BCUT2D eigenvalue weighted by Gasteiger charge is -2.16. The molecule has 0 radical (unpaired) electrons. The Morgan fingerprint density at radius 1 is 0.872 bits per heavy atom. The normalized spacial score (nSPS) is 14.7. The second-order valence-electron chi connectivity index (χ2n) is 11.1. The van der Waals surface area contributed by atoms with E-state index in [0.717, 1.165) is 10.5 Å². The van der Waals surface area contributed by atoms with E-state index >= 15 is 0 Å². The first-order chi connectivity index (χ1) is 22.7. The molecule has 4 aromatic carbocycles. The average molecular weight is 650 g/mol. The van der Waals surface area contributed by atoms with Crippen LogP contribution in [0.5, 0.6) is 11.5 Å². The third-order valence-electron chi connectivity index (χ3n) is 7.58. The first-order valence-electron chi connectivity index (χ1n) is 15.0. The van der Waals surface area contributed by atoms with Crippen molar-refractivity contribution in [3.05, 3.63) is 119 Å². The summed E-state index contributed by atoms with van der Waals surface area (Å²) in [5.41, 5.74) is 3.07. The summed E-state index contributed by atoms with van der Waals surface area (Å²) in [5.74, 6) is -0.293. The molecule has 10 heteroatoms. The molecule has 1 saturated heterocycles. The highest BCUT2D eigenvalue weighted by molar-refractivity contribution is 8.00. The van der Waals surface area contributed by atoms with Crippen LogP contribution in [0.2, 0.25) is 0 Å². The maximum Gasteiger partial charge on any atom is 0.272 e. The van der Waals surface area contributed by atoms with Gasteiger partial charge in [0.25, 0.3) is 11.8 Å². The molecule has 0 saturated carbocycles. The van der Waals surface area contributed by atoms with Gasteiger partial charge in [0.2, 0.25) is 11.8 Å². The Balaban J connectivity index is 1.31. The van der Waals surface area contributed by atoms with Crippen LogP contribution in [0.25, 0.3) is 6.08 Å². The van der Waals surface area contributed by atoms with E-state index in [4.69, 9.17) is 9.47 Å². The van der Waals surface area contributed by atoms with Crippen LogP contribution in [0.1, 0.15) is 47.7 Å². The highest BCUT2D eigenvalue weighted by atomic mass is 32.2. The Morgan fingerprint density at radius 2 is 1.57 bits per heavy atom. The lowest BCUT2D eigenvalue weighted by atomic mass is 10.0. The van der Waals surface area contributed by atoms with E-state index in [1.165, 1.54) is 37.0 Å². The highest BCUT2D eigenvalue weighted by Crippen LogP contribution is 2.35. The number of methoxy groups -OCH3 is 2. The van der Waals surface area contributed by atoms with E-state index in [9.17, 15) is 19.2 Å². The number of thioether (sulfide) groups is 1. The Bertz CT molecular complexity index is 1800. The lowest BCUT2D eigenvalue weighted by molar-refractivity contribution is -0.121. The monoisotopic (exact) mass is 649 g/mol. The van der Waals surface area contributed by atoms with Gasteiger partial charge in [-0.3, -0.25) is 19.2 Å². The van der Waals surface area contributed by atoms with E-state index in [-0.39, 0.29) is 23.9 Å². The van der Waals surface area contributed by atoms with E-state index in [2.05, 4.69) is 24.5 Å². The van der Waals surface area contributed by atoms with Crippen molar-refractivity contribution in [2.75, 3.05) is 24.4 Å². The van der Waals surface area contributed by atoms with Gasteiger partial charge >= 0.3 is 0 Å². The van der Waals surface area contributed by atoms with Crippen molar-refractivity contribution in [1.82, 2.24) is 5.32 Å². The molecule has 0 spiro atoms. The zero-order chi connectivity index (χ0) is 33.5. The van der Waals surface area contributed by atoms with Crippen LogP contribution < -0.4 is 25.0 Å². The summed E-state index contributed by atoms with van der Waals surface area (Å²) in [5, 5.41) is 4.99. The number of benzene rings is 4. The van der Waals surface area contributed by atoms with Gasteiger partial charge in [0.05, 0.1) is 25.2 Å². The molecule has 0 aromatic heterocycles. The van der Waals surface area contributed by atoms with Crippen LogP contribution in [0.3, 0.4) is 0 Å². The van der Waals surface area contributed by atoms with Crippen molar-refractivity contribution >= 4 is 52.8 Å². The first-order valence-corrected chi connectivity index (χ1v) is 15.9. The summed E-state index contributed by atoms with van der Waals surface area (Å²) in [7, 11) is 3.01. The molecular formula is C37H35N3O6S. The minimum absolute atomic E-state index is 0.0135. The largest absolute Gasteiger partial charge is 0.493 e. The molecule has 1 fully saturated rings. The number of anilines is 2. The van der Waals surface area contributed by atoms with Gasteiger partial charge in [-0.2, -0.15) is 0 Å². The summed E-state index contributed by atoms with van der Waals surface area (Å²) in [6.07, 6.45) is 1.61. The molecule has 240 valence electrons. The van der Waals surface area contributed by atoms with E-state index in [0.29, 0.717) is 39.9 Å². The average Bonchev–Trinajstić information content (AvgIpc) is 3.36. The summed E-state index contributed by atoms with van der Waals surface area (Å²) in [4.78, 5) is 54.7. The maximum absolute atomic E-state index is 13.6. The Kier molecular flexibility index (Phi) is 10.4. The molecule has 2 N–H and O–H groups in total. The SMILES string of the molecule is COc1cccc(/C=C(\NC(=O)c2ccccc2)C(=O)Nc2ccc(SC3CC(=O)N(c4ccc(C(C)C)cc4)C3=O)cc2)c1OC. The zero-order valence-corrected chi connectivity index (χ0v) is 27.3. The van der Waals surface area contributed by atoms with Crippen molar-refractivity contribution < 1.29 is 28.7 Å². The fourth-order valence-corrected chi connectivity index (χ4v) is 6.13. The predicted molar refractivity (Wildman–Crippen MR) is 184 cm³/mol. The second-order valence-corrected chi connectivity index (χ2v) is 12.3. The molecule has 1 unspecified atom stereocenters. The van der Waals surface area contributed by atoms with Crippen LogP contribution in [0.15, 0.2) is 108 Å². The minimum Gasteiger partial charge on any atom is -0.493 e. The van der Waals surface area contributed by atoms with Gasteiger partial charge in [-0.05, 0) is 72.2 Å². The van der Waals surface area contributed by atoms with Crippen molar-refractivity contribution in [1.29, 1.82) is 0 Å². The summed E-state index contributed by atoms with van der Waals surface area (Å²) >= 11 is 1.30. The molecule has 4 amide bonds. The van der Waals surface area contributed by atoms with Gasteiger partial charge in [-0.15, -0.1) is 11.8 Å². The van der Waals surface area contributed by atoms with Crippen LogP contribution in [0, 0.1) is 0 Å². The standard InChI is InChI=1S/C37H35N3O6S/c1-23(2)24-13-17-28(18-14-24)40-33(41)22-32(37(40)44)47-29-19-15-27(16-20-29)38-36(43)30(39-35(42)25-9-6-5-7-10-25)21-26-11-8-12-31(45-3)34(26)46-4/h5-21,23,32H,22H2,1-4H3,(H,38,43)(H,39,42)/b30-21-. The summed E-state index contributed by atoms with van der Waals surface area (Å²) in [6.45, 7) is 4.17. The van der Waals surface area contributed by atoms with Crippen molar-refractivity contribution in [3.8, 4) is 11.5 Å². The number of para-hydroxylation sites is 1. The third kappa shape index (κ3) is 7.73. The van der Waals surface area contributed by atoms with E-state index in [1.54, 1.807) is 72.8 Å². The molecule has 47 heavy (non-hydrogen) atoms. The third-order valence-corrected chi connectivity index (χ3v) is 8.77. The van der Waals surface area contributed by atoms with Crippen molar-refractivity contribution in [3.63, 3.8) is 0 Å².